The minimum Gasteiger partial charge on any atom is -0.534 e. The van der Waals surface area contributed by atoms with Crippen LogP contribution in [0.1, 0.15) is 31.8 Å². The Balaban J connectivity index is 1.73. The lowest BCUT2D eigenvalue weighted by molar-refractivity contribution is 0.0693. The van der Waals surface area contributed by atoms with Crippen LogP contribution >= 0.6 is 0 Å². The summed E-state index contributed by atoms with van der Waals surface area (Å²) in [5.74, 6) is -1.98. The number of fused-ring (bicyclic) bond motifs is 1. The van der Waals surface area contributed by atoms with E-state index in [0.717, 1.165) is 5.56 Å². The van der Waals surface area contributed by atoms with Crippen molar-refractivity contribution in [1.82, 2.24) is 10.6 Å². The predicted octanol–water partition coefficient (Wildman–Crippen LogP) is 0.857. The molecule has 0 spiro atoms. The van der Waals surface area contributed by atoms with E-state index in [4.69, 9.17) is 4.65 Å². The molecule has 8 heteroatoms. The second-order valence-corrected chi connectivity index (χ2v) is 6.12. The first kappa shape index (κ1) is 18.0. The van der Waals surface area contributed by atoms with Crippen molar-refractivity contribution in [3.05, 3.63) is 64.7 Å². The molecular weight excluding hydrogens is 335 g/mol. The van der Waals surface area contributed by atoms with Gasteiger partial charge in [0.15, 0.2) is 0 Å². The number of aromatic carboxylic acids is 1. The molecule has 1 amide bonds. The van der Waals surface area contributed by atoms with Crippen LogP contribution in [-0.4, -0.2) is 42.1 Å². The number of hydrogen-bond donors (Lipinski definition) is 4. The summed E-state index contributed by atoms with van der Waals surface area (Å²) in [6.45, 7) is 0.708. The average Bonchev–Trinajstić information content (AvgIpc) is 2.62. The molecule has 3 rings (SSSR count). The van der Waals surface area contributed by atoms with Crippen LogP contribution in [-0.2, 0) is 13.0 Å². The van der Waals surface area contributed by atoms with Crippen molar-refractivity contribution in [3.8, 4) is 5.75 Å². The van der Waals surface area contributed by atoms with Crippen molar-refractivity contribution in [1.29, 1.82) is 0 Å². The Kier molecular flexibility index (Phi) is 5.25. The van der Waals surface area contributed by atoms with Crippen LogP contribution in [0.15, 0.2) is 42.5 Å². The highest BCUT2D eigenvalue weighted by atomic mass is 16.5. The van der Waals surface area contributed by atoms with Gasteiger partial charge in [0.2, 0.25) is 0 Å². The SMILES string of the molecule is CNCc1ccc(C(=O)NC2Cc3cccc(C(=O)O)c3OB2O)cc1. The Hall–Kier alpha value is -2.84. The maximum absolute atomic E-state index is 12.4. The molecule has 0 aliphatic carbocycles. The zero-order chi connectivity index (χ0) is 18.7. The van der Waals surface area contributed by atoms with Gasteiger partial charge in [0.05, 0.1) is 11.5 Å². The molecule has 2 aromatic rings. The number of hydrogen-bond acceptors (Lipinski definition) is 5. The molecule has 0 aromatic heterocycles. The maximum Gasteiger partial charge on any atom is 0.547 e. The smallest absolute Gasteiger partial charge is 0.534 e. The highest BCUT2D eigenvalue weighted by Crippen LogP contribution is 2.30. The molecule has 0 saturated heterocycles. The zero-order valence-corrected chi connectivity index (χ0v) is 14.2. The van der Waals surface area contributed by atoms with Crippen LogP contribution < -0.4 is 15.3 Å². The lowest BCUT2D eigenvalue weighted by atomic mass is 9.72. The summed E-state index contributed by atoms with van der Waals surface area (Å²) >= 11 is 0. The fraction of sp³-hybridized carbons (Fsp3) is 0.222. The summed E-state index contributed by atoms with van der Waals surface area (Å²) in [5, 5.41) is 25.2. The van der Waals surface area contributed by atoms with Gasteiger partial charge in [-0.3, -0.25) is 4.79 Å². The van der Waals surface area contributed by atoms with Gasteiger partial charge in [-0.15, -0.1) is 0 Å². The van der Waals surface area contributed by atoms with Crippen molar-refractivity contribution in [3.63, 3.8) is 0 Å². The summed E-state index contributed by atoms with van der Waals surface area (Å²) in [7, 11) is 0.522. The first-order valence-electron chi connectivity index (χ1n) is 8.24. The van der Waals surface area contributed by atoms with E-state index < -0.39 is 19.0 Å². The first-order valence-corrected chi connectivity index (χ1v) is 8.24. The number of carboxylic acid groups (broad SMARTS) is 1. The Morgan fingerprint density at radius 3 is 2.62 bits per heavy atom. The number of rotatable bonds is 5. The second kappa shape index (κ2) is 7.59. The Morgan fingerprint density at radius 1 is 1.23 bits per heavy atom. The minimum absolute atomic E-state index is 0.00792. The minimum atomic E-state index is -1.32. The van der Waals surface area contributed by atoms with Gasteiger partial charge in [-0.05, 0) is 42.8 Å². The summed E-state index contributed by atoms with van der Waals surface area (Å²) < 4.78 is 5.38. The Morgan fingerprint density at radius 2 is 1.96 bits per heavy atom. The van der Waals surface area contributed by atoms with Gasteiger partial charge in [0.1, 0.15) is 5.75 Å². The van der Waals surface area contributed by atoms with Gasteiger partial charge in [0.25, 0.3) is 5.91 Å². The van der Waals surface area contributed by atoms with Crippen molar-refractivity contribution in [2.24, 2.45) is 0 Å². The highest BCUT2D eigenvalue weighted by molar-refractivity contribution is 6.47. The van der Waals surface area contributed by atoms with Crippen molar-refractivity contribution in [2.45, 2.75) is 18.9 Å². The molecule has 0 saturated carbocycles. The van der Waals surface area contributed by atoms with E-state index in [0.29, 0.717) is 17.7 Å². The molecule has 1 unspecified atom stereocenters. The molecule has 7 nitrogen and oxygen atoms in total. The molecule has 26 heavy (non-hydrogen) atoms. The lowest BCUT2D eigenvalue weighted by Gasteiger charge is -2.28. The van der Waals surface area contributed by atoms with Crippen LogP contribution in [0.2, 0.25) is 0 Å². The number of para-hydroxylation sites is 1. The lowest BCUT2D eigenvalue weighted by Crippen LogP contribution is -2.53. The van der Waals surface area contributed by atoms with E-state index in [9.17, 15) is 19.7 Å². The van der Waals surface area contributed by atoms with E-state index in [1.165, 1.54) is 6.07 Å². The summed E-state index contributed by atoms with van der Waals surface area (Å²) in [4.78, 5) is 23.7. The standard InChI is InChI=1S/C18H19BN2O5/c1-20-10-11-5-7-12(8-6-11)17(22)21-15-9-13-3-2-4-14(18(23)24)16(13)26-19(15)25/h2-8,15,20,25H,9-10H2,1H3,(H,21,22)(H,23,24). The third-order valence-corrected chi connectivity index (χ3v) is 4.26. The van der Waals surface area contributed by atoms with E-state index in [1.807, 2.05) is 19.2 Å². The van der Waals surface area contributed by atoms with Gasteiger partial charge in [-0.1, -0.05) is 24.3 Å². The van der Waals surface area contributed by atoms with E-state index in [2.05, 4.69) is 10.6 Å². The molecule has 4 N–H and O–H groups in total. The molecular formula is C18H19BN2O5. The molecule has 0 bridgehead atoms. The summed E-state index contributed by atoms with van der Waals surface area (Å²) in [5.41, 5.74) is 2.15. The Bertz CT molecular complexity index is 825. The van der Waals surface area contributed by atoms with Crippen molar-refractivity contribution in [2.75, 3.05) is 7.05 Å². The number of carboxylic acids is 1. The largest absolute Gasteiger partial charge is 0.547 e. The molecule has 2 aromatic carbocycles. The third-order valence-electron chi connectivity index (χ3n) is 4.26. The fourth-order valence-electron chi connectivity index (χ4n) is 2.95. The predicted molar refractivity (Wildman–Crippen MR) is 96.2 cm³/mol. The van der Waals surface area contributed by atoms with Crippen molar-refractivity contribution >= 4 is 19.0 Å². The van der Waals surface area contributed by atoms with Crippen LogP contribution in [0.5, 0.6) is 5.75 Å². The average molecular weight is 354 g/mol. The number of carbonyl (C=O) groups excluding carboxylic acids is 1. The molecule has 0 fully saturated rings. The molecule has 1 aliphatic heterocycles. The Labute approximate surface area is 151 Å². The molecule has 1 aliphatic rings. The first-order chi connectivity index (χ1) is 12.5. The fourth-order valence-corrected chi connectivity index (χ4v) is 2.95. The van der Waals surface area contributed by atoms with Gasteiger partial charge in [0, 0.05) is 12.1 Å². The molecule has 0 radical (unpaired) electrons. The van der Waals surface area contributed by atoms with Gasteiger partial charge >= 0.3 is 13.1 Å². The normalized spacial score (nSPS) is 15.8. The van der Waals surface area contributed by atoms with Crippen LogP contribution in [0.3, 0.4) is 0 Å². The quantitative estimate of drug-likeness (QED) is 0.593. The number of nitrogens with one attached hydrogen (secondary N) is 2. The topological polar surface area (TPSA) is 108 Å². The molecule has 1 heterocycles. The van der Waals surface area contributed by atoms with E-state index in [1.54, 1.807) is 24.3 Å². The second-order valence-electron chi connectivity index (χ2n) is 6.12. The molecule has 134 valence electrons. The monoisotopic (exact) mass is 354 g/mol. The third kappa shape index (κ3) is 3.71. The summed E-state index contributed by atoms with van der Waals surface area (Å²) in [6.07, 6.45) is 0.279. The molecule has 1 atom stereocenters. The number of benzene rings is 2. The van der Waals surface area contributed by atoms with Gasteiger partial charge < -0.3 is 25.4 Å². The van der Waals surface area contributed by atoms with Crippen LogP contribution in [0.4, 0.5) is 0 Å². The number of carbonyl (C=O) groups is 2. The van der Waals surface area contributed by atoms with Crippen molar-refractivity contribution < 1.29 is 24.4 Å². The van der Waals surface area contributed by atoms with Crippen LogP contribution in [0.25, 0.3) is 0 Å². The maximum atomic E-state index is 12.4. The van der Waals surface area contributed by atoms with Gasteiger partial charge in [-0.2, -0.15) is 0 Å². The summed E-state index contributed by atoms with van der Waals surface area (Å²) in [6, 6.07) is 11.9. The van der Waals surface area contributed by atoms with Gasteiger partial charge in [-0.25, -0.2) is 4.79 Å². The van der Waals surface area contributed by atoms with Crippen LogP contribution in [0, 0.1) is 0 Å². The number of amides is 1. The van der Waals surface area contributed by atoms with E-state index in [-0.39, 0.29) is 23.6 Å². The zero-order valence-electron chi connectivity index (χ0n) is 14.2. The highest BCUT2D eigenvalue weighted by Gasteiger charge is 2.37. The van der Waals surface area contributed by atoms with E-state index >= 15 is 0 Å².